The smallest absolute Gasteiger partial charge is 0.478 e. The molecular weight excluding hydrogens is 356 g/mol. The topological polar surface area (TPSA) is 55.8 Å². The van der Waals surface area contributed by atoms with Crippen LogP contribution in [0, 0.1) is 0 Å². The van der Waals surface area contributed by atoms with E-state index >= 15 is 0 Å². The van der Waals surface area contributed by atoms with Crippen molar-refractivity contribution in [2.75, 3.05) is 0 Å². The van der Waals surface area contributed by atoms with Crippen LogP contribution in [0.4, 0.5) is 17.6 Å². The van der Waals surface area contributed by atoms with E-state index in [1.54, 1.807) is 0 Å². The highest BCUT2D eigenvalue weighted by Gasteiger charge is 2.43. The summed E-state index contributed by atoms with van der Waals surface area (Å²) in [4.78, 5) is 11.1. The van der Waals surface area contributed by atoms with Crippen LogP contribution < -0.4 is 9.47 Å². The fraction of sp³-hybridized carbons (Fsp3) is 0.167. The van der Waals surface area contributed by atoms with Crippen molar-refractivity contribution >= 4 is 12.0 Å². The molecule has 1 aliphatic heterocycles. The highest BCUT2D eigenvalue weighted by atomic mass is 19.3. The number of carbonyl (C=O) groups is 1. The minimum Gasteiger partial charge on any atom is -0.478 e. The molecule has 2 aromatic rings. The van der Waals surface area contributed by atoms with Crippen molar-refractivity contribution in [2.24, 2.45) is 0 Å². The van der Waals surface area contributed by atoms with Crippen LogP contribution in [0.3, 0.4) is 0 Å². The summed E-state index contributed by atoms with van der Waals surface area (Å²) in [6.45, 7) is 0. The quantitative estimate of drug-likeness (QED) is 0.784. The molecule has 1 aliphatic rings. The molecule has 0 aliphatic carbocycles. The van der Waals surface area contributed by atoms with E-state index in [9.17, 15) is 22.4 Å². The van der Waals surface area contributed by atoms with Gasteiger partial charge in [0.1, 0.15) is 0 Å². The van der Waals surface area contributed by atoms with Crippen molar-refractivity contribution in [3.8, 4) is 11.5 Å². The zero-order valence-corrected chi connectivity index (χ0v) is 13.1. The summed E-state index contributed by atoms with van der Waals surface area (Å²) in [5.74, 6) is -5.07. The molecule has 136 valence electrons. The number of fused-ring (bicyclic) bond motifs is 1. The van der Waals surface area contributed by atoms with Crippen LogP contribution in [-0.4, -0.2) is 23.3 Å². The van der Waals surface area contributed by atoms with Gasteiger partial charge in [0.05, 0.1) is 5.56 Å². The van der Waals surface area contributed by atoms with Gasteiger partial charge in [-0.25, -0.2) is 13.6 Å². The Morgan fingerprint density at radius 2 is 1.81 bits per heavy atom. The number of alkyl halides is 4. The molecule has 0 amide bonds. The predicted octanol–water partition coefficient (Wildman–Crippen LogP) is 4.60. The fourth-order valence-corrected chi connectivity index (χ4v) is 2.48. The average molecular weight is 368 g/mol. The number of rotatable bonds is 5. The van der Waals surface area contributed by atoms with Gasteiger partial charge in [0, 0.05) is 6.42 Å². The first-order valence-electron chi connectivity index (χ1n) is 7.43. The second kappa shape index (κ2) is 6.36. The Balaban J connectivity index is 1.77. The first kappa shape index (κ1) is 17.8. The minimum absolute atomic E-state index is 0.0139. The number of carboxylic acid groups (broad SMARTS) is 1. The lowest BCUT2D eigenvalue weighted by Gasteiger charge is -2.13. The van der Waals surface area contributed by atoms with Gasteiger partial charge in [0.15, 0.2) is 11.5 Å². The summed E-state index contributed by atoms with van der Waals surface area (Å²) in [6.07, 6.45) is -2.96. The maximum atomic E-state index is 14.2. The summed E-state index contributed by atoms with van der Waals surface area (Å²) in [5, 5.41) is 9.05. The Hall–Kier alpha value is -3.03. The number of aromatic carboxylic acids is 1. The van der Waals surface area contributed by atoms with Crippen LogP contribution in [0.15, 0.2) is 48.5 Å². The van der Waals surface area contributed by atoms with Crippen LogP contribution in [-0.2, 0) is 6.42 Å². The third-order valence-electron chi connectivity index (χ3n) is 3.62. The van der Waals surface area contributed by atoms with E-state index < -0.39 is 24.6 Å². The van der Waals surface area contributed by atoms with Crippen LogP contribution in [0.5, 0.6) is 11.5 Å². The molecule has 0 aromatic heterocycles. The van der Waals surface area contributed by atoms with E-state index in [0.29, 0.717) is 6.08 Å². The van der Waals surface area contributed by atoms with E-state index in [4.69, 9.17) is 5.11 Å². The lowest BCUT2D eigenvalue weighted by atomic mass is 10.0. The third-order valence-corrected chi connectivity index (χ3v) is 3.62. The van der Waals surface area contributed by atoms with E-state index in [0.717, 1.165) is 12.1 Å². The zero-order valence-electron chi connectivity index (χ0n) is 13.1. The van der Waals surface area contributed by atoms with Gasteiger partial charge in [-0.05, 0) is 35.4 Å². The normalized spacial score (nSPS) is 15.4. The molecule has 0 atom stereocenters. The fourth-order valence-electron chi connectivity index (χ4n) is 2.48. The second-order valence-corrected chi connectivity index (χ2v) is 5.61. The van der Waals surface area contributed by atoms with Crippen molar-refractivity contribution in [1.29, 1.82) is 0 Å². The van der Waals surface area contributed by atoms with Crippen molar-refractivity contribution in [3.05, 3.63) is 65.2 Å². The molecule has 1 heterocycles. The molecule has 0 saturated carbocycles. The van der Waals surface area contributed by atoms with Crippen molar-refractivity contribution in [3.63, 3.8) is 0 Å². The molecule has 0 unspecified atom stereocenters. The van der Waals surface area contributed by atoms with Crippen molar-refractivity contribution in [1.82, 2.24) is 0 Å². The second-order valence-electron chi connectivity index (χ2n) is 5.61. The Kier molecular flexibility index (Phi) is 4.35. The van der Waals surface area contributed by atoms with Crippen molar-refractivity contribution in [2.45, 2.75) is 18.6 Å². The number of hydrogen-bond donors (Lipinski definition) is 1. The number of benzene rings is 2. The van der Waals surface area contributed by atoms with Gasteiger partial charge in [0.2, 0.25) is 0 Å². The number of carboxylic acids is 1. The maximum absolute atomic E-state index is 14.2. The predicted molar refractivity (Wildman–Crippen MR) is 83.7 cm³/mol. The molecule has 2 aromatic carbocycles. The molecular formula is C18H12F4O4. The third kappa shape index (κ3) is 3.96. The summed E-state index contributed by atoms with van der Waals surface area (Å²) in [6, 6.07) is 9.13. The highest BCUT2D eigenvalue weighted by Crippen LogP contribution is 2.41. The van der Waals surface area contributed by atoms with Crippen LogP contribution in [0.2, 0.25) is 0 Å². The van der Waals surface area contributed by atoms with E-state index in [2.05, 4.69) is 9.47 Å². The average Bonchev–Trinajstić information content (AvgIpc) is 2.86. The highest BCUT2D eigenvalue weighted by molar-refractivity contribution is 5.89. The first-order chi connectivity index (χ1) is 12.2. The maximum Gasteiger partial charge on any atom is 0.586 e. The Bertz CT molecular complexity index is 877. The molecule has 8 heteroatoms. The number of ether oxygens (including phenoxy) is 2. The summed E-state index contributed by atoms with van der Waals surface area (Å²) < 4.78 is 62.8. The molecule has 4 nitrogen and oxygen atoms in total. The van der Waals surface area contributed by atoms with Crippen LogP contribution >= 0.6 is 0 Å². The van der Waals surface area contributed by atoms with Crippen LogP contribution in [0.1, 0.15) is 21.5 Å². The summed E-state index contributed by atoms with van der Waals surface area (Å²) >= 11 is 0. The Morgan fingerprint density at radius 1 is 1.12 bits per heavy atom. The SMILES string of the molecule is O=C(O)c1ccccc1CC(F)(F)/C=C/c1ccc2c(c1)OC(F)(F)O2. The monoisotopic (exact) mass is 368 g/mol. The van der Waals surface area contributed by atoms with E-state index in [1.165, 1.54) is 36.4 Å². The van der Waals surface area contributed by atoms with E-state index in [-0.39, 0.29) is 28.2 Å². The van der Waals surface area contributed by atoms with Gasteiger partial charge in [-0.3, -0.25) is 0 Å². The number of allylic oxidation sites excluding steroid dienone is 1. The Morgan fingerprint density at radius 3 is 2.54 bits per heavy atom. The lowest BCUT2D eigenvalue weighted by molar-refractivity contribution is -0.286. The standard InChI is InChI=1S/C18H12F4O4/c19-17(20,10-12-3-1-2-4-13(12)16(23)24)8-7-11-5-6-14-15(9-11)26-18(21,22)25-14/h1-9H,10H2,(H,23,24)/b8-7+. The summed E-state index contributed by atoms with van der Waals surface area (Å²) in [5.41, 5.74) is -0.0119. The first-order valence-corrected chi connectivity index (χ1v) is 7.43. The van der Waals surface area contributed by atoms with Crippen LogP contribution in [0.25, 0.3) is 6.08 Å². The summed E-state index contributed by atoms with van der Waals surface area (Å²) in [7, 11) is 0. The van der Waals surface area contributed by atoms with Gasteiger partial charge in [0.25, 0.3) is 5.92 Å². The number of hydrogen-bond acceptors (Lipinski definition) is 3. The number of halogens is 4. The van der Waals surface area contributed by atoms with Gasteiger partial charge < -0.3 is 14.6 Å². The minimum atomic E-state index is -3.78. The van der Waals surface area contributed by atoms with Gasteiger partial charge in [-0.2, -0.15) is 0 Å². The van der Waals surface area contributed by atoms with Gasteiger partial charge >= 0.3 is 12.3 Å². The molecule has 0 saturated heterocycles. The lowest BCUT2D eigenvalue weighted by Crippen LogP contribution is -2.25. The largest absolute Gasteiger partial charge is 0.586 e. The zero-order chi connectivity index (χ0) is 18.9. The molecule has 26 heavy (non-hydrogen) atoms. The molecule has 0 bridgehead atoms. The van der Waals surface area contributed by atoms with Crippen molar-refractivity contribution < 1.29 is 36.9 Å². The molecule has 0 radical (unpaired) electrons. The van der Waals surface area contributed by atoms with Gasteiger partial charge in [-0.15, -0.1) is 8.78 Å². The molecule has 0 spiro atoms. The van der Waals surface area contributed by atoms with Gasteiger partial charge in [-0.1, -0.05) is 30.3 Å². The Labute approximate surface area is 145 Å². The molecule has 0 fully saturated rings. The molecule has 1 N–H and O–H groups in total. The van der Waals surface area contributed by atoms with E-state index in [1.807, 2.05) is 0 Å². The molecule has 3 rings (SSSR count).